The minimum absolute atomic E-state index is 0.0683. The van der Waals surface area contributed by atoms with E-state index in [9.17, 15) is 9.59 Å². The van der Waals surface area contributed by atoms with E-state index in [4.69, 9.17) is 4.74 Å². The zero-order valence-electron chi connectivity index (χ0n) is 13.8. The lowest BCUT2D eigenvalue weighted by Crippen LogP contribution is -2.41. The molecule has 2 aromatic carbocycles. The number of amides is 1. The highest BCUT2D eigenvalue weighted by Gasteiger charge is 2.25. The molecule has 5 nitrogen and oxygen atoms in total. The van der Waals surface area contributed by atoms with Gasteiger partial charge >= 0.3 is 5.97 Å². The summed E-state index contributed by atoms with van der Waals surface area (Å²) < 4.78 is 5.21. The monoisotopic (exact) mass is 324 g/mol. The van der Waals surface area contributed by atoms with Crippen LogP contribution in [0.1, 0.15) is 18.1 Å². The first kappa shape index (κ1) is 16.1. The first-order valence-corrected chi connectivity index (χ1v) is 8.01. The van der Waals surface area contributed by atoms with E-state index >= 15 is 0 Å². The van der Waals surface area contributed by atoms with Gasteiger partial charge in [-0.3, -0.25) is 4.79 Å². The summed E-state index contributed by atoms with van der Waals surface area (Å²) in [7, 11) is 0. The Morgan fingerprint density at radius 3 is 2.79 bits per heavy atom. The van der Waals surface area contributed by atoms with Crippen molar-refractivity contribution in [1.29, 1.82) is 0 Å². The summed E-state index contributed by atoms with van der Waals surface area (Å²) in [6, 6.07) is 13.2. The molecule has 1 aliphatic heterocycles. The molecule has 0 atom stereocenters. The van der Waals surface area contributed by atoms with Crippen molar-refractivity contribution in [3.8, 4) is 5.75 Å². The molecular weight excluding hydrogens is 304 g/mol. The van der Waals surface area contributed by atoms with Gasteiger partial charge in [-0.05, 0) is 36.6 Å². The number of aryl methyl sites for hydroxylation is 2. The van der Waals surface area contributed by atoms with Gasteiger partial charge in [0.25, 0.3) is 0 Å². The molecule has 0 aromatic heterocycles. The molecule has 0 saturated carbocycles. The van der Waals surface area contributed by atoms with Crippen LogP contribution in [0.3, 0.4) is 0 Å². The average Bonchev–Trinajstić information content (AvgIpc) is 2.56. The number of carbonyl (C=O) groups is 2. The zero-order chi connectivity index (χ0) is 17.1. The molecule has 0 saturated heterocycles. The minimum atomic E-state index is -0.355. The molecule has 2 aromatic rings. The summed E-state index contributed by atoms with van der Waals surface area (Å²) in [6.45, 7) is 4.20. The molecule has 5 heteroatoms. The van der Waals surface area contributed by atoms with Crippen LogP contribution >= 0.6 is 0 Å². The second-order valence-corrected chi connectivity index (χ2v) is 5.81. The SMILES string of the molecule is CCc1cccc(C)c1NC(=O)CN1CC(=O)Oc2ccccc21. The largest absolute Gasteiger partial charge is 0.423 e. The van der Waals surface area contributed by atoms with Crippen molar-refractivity contribution in [1.82, 2.24) is 0 Å². The summed E-state index contributed by atoms with van der Waals surface area (Å²) in [5.41, 5.74) is 3.74. The second-order valence-electron chi connectivity index (χ2n) is 5.81. The van der Waals surface area contributed by atoms with Crippen molar-refractivity contribution in [2.45, 2.75) is 20.3 Å². The number of para-hydroxylation sites is 3. The Labute approximate surface area is 141 Å². The van der Waals surface area contributed by atoms with Gasteiger partial charge in [-0.1, -0.05) is 37.3 Å². The molecule has 3 rings (SSSR count). The van der Waals surface area contributed by atoms with Gasteiger partial charge < -0.3 is 15.0 Å². The van der Waals surface area contributed by atoms with E-state index in [0.717, 1.165) is 28.9 Å². The van der Waals surface area contributed by atoms with Crippen LogP contribution < -0.4 is 15.0 Å². The third-order valence-electron chi connectivity index (χ3n) is 4.09. The quantitative estimate of drug-likeness (QED) is 0.694. The predicted octanol–water partition coefficient (Wildman–Crippen LogP) is 2.92. The van der Waals surface area contributed by atoms with Crippen molar-refractivity contribution in [3.05, 3.63) is 53.6 Å². The molecule has 1 amide bonds. The number of benzene rings is 2. The van der Waals surface area contributed by atoms with Crippen LogP contribution in [0, 0.1) is 6.92 Å². The van der Waals surface area contributed by atoms with E-state index in [1.54, 1.807) is 17.0 Å². The molecule has 1 aliphatic rings. The van der Waals surface area contributed by atoms with Crippen molar-refractivity contribution in [3.63, 3.8) is 0 Å². The first-order valence-electron chi connectivity index (χ1n) is 8.01. The van der Waals surface area contributed by atoms with E-state index < -0.39 is 0 Å². The zero-order valence-corrected chi connectivity index (χ0v) is 13.8. The number of nitrogens with one attached hydrogen (secondary N) is 1. The third kappa shape index (κ3) is 3.25. The molecule has 0 spiro atoms. The lowest BCUT2D eigenvalue weighted by Gasteiger charge is -2.29. The summed E-state index contributed by atoms with van der Waals surface area (Å²) in [5, 5.41) is 2.99. The Hall–Kier alpha value is -2.82. The van der Waals surface area contributed by atoms with Gasteiger partial charge in [0.15, 0.2) is 5.75 Å². The topological polar surface area (TPSA) is 58.6 Å². The van der Waals surface area contributed by atoms with Gasteiger partial charge in [0.2, 0.25) is 5.91 Å². The predicted molar refractivity (Wildman–Crippen MR) is 93.5 cm³/mol. The van der Waals surface area contributed by atoms with Gasteiger partial charge in [-0.25, -0.2) is 4.79 Å². The second kappa shape index (κ2) is 6.74. The van der Waals surface area contributed by atoms with Crippen molar-refractivity contribution in [2.24, 2.45) is 0 Å². The maximum Gasteiger partial charge on any atom is 0.331 e. The Morgan fingerprint density at radius 2 is 2.00 bits per heavy atom. The maximum absolute atomic E-state index is 12.5. The molecule has 0 radical (unpaired) electrons. The number of fused-ring (bicyclic) bond motifs is 1. The summed E-state index contributed by atoms with van der Waals surface area (Å²) >= 11 is 0. The Balaban J connectivity index is 1.78. The van der Waals surface area contributed by atoms with E-state index in [1.165, 1.54) is 0 Å². The maximum atomic E-state index is 12.5. The van der Waals surface area contributed by atoms with Gasteiger partial charge in [0, 0.05) is 5.69 Å². The van der Waals surface area contributed by atoms with Gasteiger partial charge in [-0.2, -0.15) is 0 Å². The summed E-state index contributed by atoms with van der Waals surface area (Å²) in [6.07, 6.45) is 0.843. The number of nitrogens with zero attached hydrogens (tertiary/aromatic N) is 1. The van der Waals surface area contributed by atoms with E-state index in [1.807, 2.05) is 37.3 Å². The third-order valence-corrected chi connectivity index (χ3v) is 4.09. The van der Waals surface area contributed by atoms with Crippen molar-refractivity contribution in [2.75, 3.05) is 23.3 Å². The van der Waals surface area contributed by atoms with Gasteiger partial charge in [-0.15, -0.1) is 0 Å². The van der Waals surface area contributed by atoms with Crippen LogP contribution in [0.15, 0.2) is 42.5 Å². The molecular formula is C19H20N2O3. The van der Waals surface area contributed by atoms with Crippen LogP contribution in [0.4, 0.5) is 11.4 Å². The Morgan fingerprint density at radius 1 is 1.21 bits per heavy atom. The first-order chi connectivity index (χ1) is 11.6. The van der Waals surface area contributed by atoms with E-state index in [0.29, 0.717) is 5.75 Å². The molecule has 124 valence electrons. The molecule has 0 bridgehead atoms. The highest BCUT2D eigenvalue weighted by molar-refractivity contribution is 5.97. The van der Waals surface area contributed by atoms with E-state index in [2.05, 4.69) is 12.2 Å². The number of hydrogen-bond donors (Lipinski definition) is 1. The van der Waals surface area contributed by atoms with Crippen LogP contribution in [-0.4, -0.2) is 25.0 Å². The van der Waals surface area contributed by atoms with Crippen LogP contribution in [0.5, 0.6) is 5.75 Å². The van der Waals surface area contributed by atoms with E-state index in [-0.39, 0.29) is 25.0 Å². The Kier molecular flexibility index (Phi) is 4.51. The molecule has 1 heterocycles. The average molecular weight is 324 g/mol. The summed E-state index contributed by atoms with van der Waals surface area (Å²) in [5.74, 6) is -0.0122. The lowest BCUT2D eigenvalue weighted by atomic mass is 10.1. The molecule has 24 heavy (non-hydrogen) atoms. The van der Waals surface area contributed by atoms with Crippen molar-refractivity contribution >= 4 is 23.3 Å². The number of ether oxygens (including phenoxy) is 1. The fourth-order valence-electron chi connectivity index (χ4n) is 2.90. The normalized spacial score (nSPS) is 13.2. The highest BCUT2D eigenvalue weighted by Crippen LogP contribution is 2.31. The summed E-state index contributed by atoms with van der Waals surface area (Å²) in [4.78, 5) is 26.0. The lowest BCUT2D eigenvalue weighted by molar-refractivity contribution is -0.133. The number of carbonyl (C=O) groups excluding carboxylic acids is 2. The Bertz CT molecular complexity index is 786. The molecule has 0 fully saturated rings. The number of rotatable bonds is 4. The number of esters is 1. The van der Waals surface area contributed by atoms with Crippen LogP contribution in [0.2, 0.25) is 0 Å². The van der Waals surface area contributed by atoms with Gasteiger partial charge in [0.1, 0.15) is 6.54 Å². The van der Waals surface area contributed by atoms with Crippen molar-refractivity contribution < 1.29 is 14.3 Å². The smallest absolute Gasteiger partial charge is 0.331 e. The van der Waals surface area contributed by atoms with Crippen LogP contribution in [-0.2, 0) is 16.0 Å². The molecule has 0 unspecified atom stereocenters. The number of hydrogen-bond acceptors (Lipinski definition) is 4. The van der Waals surface area contributed by atoms with Gasteiger partial charge in [0.05, 0.1) is 12.2 Å². The fraction of sp³-hybridized carbons (Fsp3) is 0.263. The highest BCUT2D eigenvalue weighted by atomic mass is 16.5. The molecule has 1 N–H and O–H groups in total. The fourth-order valence-corrected chi connectivity index (χ4v) is 2.90. The van der Waals surface area contributed by atoms with Crippen LogP contribution in [0.25, 0.3) is 0 Å². The minimum Gasteiger partial charge on any atom is -0.423 e. The standard InChI is InChI=1S/C19H20N2O3/c1-3-14-8-6-7-13(2)19(14)20-17(22)11-21-12-18(23)24-16-10-5-4-9-15(16)21/h4-10H,3,11-12H2,1-2H3,(H,20,22). The molecule has 0 aliphatic carbocycles. The number of anilines is 2.